The number of nitrogens with zero attached hydrogens (tertiary/aromatic N) is 3. The summed E-state index contributed by atoms with van der Waals surface area (Å²) < 4.78 is 38.6. The molecule has 11 heteroatoms. The number of aromatic nitrogens is 2. The van der Waals surface area contributed by atoms with Gasteiger partial charge in [-0.25, -0.2) is 9.97 Å². The highest BCUT2D eigenvalue weighted by atomic mass is 35.5. The predicted octanol–water partition coefficient (Wildman–Crippen LogP) is 4.14. The molecule has 0 radical (unpaired) electrons. The minimum atomic E-state index is -4.52. The fourth-order valence-electron chi connectivity index (χ4n) is 3.29. The van der Waals surface area contributed by atoms with Gasteiger partial charge < -0.3 is 15.5 Å². The molecule has 0 aliphatic carbocycles. The summed E-state index contributed by atoms with van der Waals surface area (Å²) in [7, 11) is 0. The minimum absolute atomic E-state index is 0.0912. The summed E-state index contributed by atoms with van der Waals surface area (Å²) in [5.41, 5.74) is -0.576. The largest absolute Gasteiger partial charge is 0.417 e. The molecule has 1 saturated heterocycles. The number of amides is 2. The number of alkyl halides is 3. The van der Waals surface area contributed by atoms with E-state index in [1.54, 1.807) is 18.7 Å². The Morgan fingerprint density at radius 2 is 2.00 bits per heavy atom. The van der Waals surface area contributed by atoms with E-state index in [0.29, 0.717) is 31.5 Å². The van der Waals surface area contributed by atoms with Crippen LogP contribution in [-0.2, 0) is 11.0 Å². The maximum atomic E-state index is 12.9. The van der Waals surface area contributed by atoms with Crippen molar-refractivity contribution < 1.29 is 22.8 Å². The van der Waals surface area contributed by atoms with Gasteiger partial charge in [-0.1, -0.05) is 25.4 Å². The predicted molar refractivity (Wildman–Crippen MR) is 115 cm³/mol. The number of carbonyl (C=O) groups excluding carboxylic acids is 2. The molecule has 0 unspecified atom stereocenters. The fraction of sp³-hybridized carbons (Fsp3) is 0.429. The second-order valence-corrected chi connectivity index (χ2v) is 8.27. The summed E-state index contributed by atoms with van der Waals surface area (Å²) in [5, 5.41) is 5.48. The number of anilines is 2. The summed E-state index contributed by atoms with van der Waals surface area (Å²) in [6, 6.07) is 3.63. The average molecular weight is 470 g/mol. The van der Waals surface area contributed by atoms with Gasteiger partial charge in [0.05, 0.1) is 10.6 Å². The number of halogens is 4. The monoisotopic (exact) mass is 469 g/mol. The first-order valence-electron chi connectivity index (χ1n) is 10.1. The standard InChI is InChI=1S/C21H23ClF3N5O2/c1-12(2)19(31)29-17-8-13(5-6-26-17)20(32)28-15-4-3-7-30(11-15)18-16(22)9-14(10-27-18)21(23,24)25/h5-6,8-10,12,15H,3-4,7,11H2,1-2H3,(H,28,32)(H,26,29,31)/t15-/m1/s1. The van der Waals surface area contributed by atoms with Crippen molar-refractivity contribution in [2.24, 2.45) is 5.92 Å². The summed E-state index contributed by atoms with van der Waals surface area (Å²) in [5.74, 6) is -0.249. The van der Waals surface area contributed by atoms with Crippen LogP contribution in [0.5, 0.6) is 0 Å². The lowest BCUT2D eigenvalue weighted by Gasteiger charge is -2.34. The van der Waals surface area contributed by atoms with E-state index in [-0.39, 0.29) is 40.4 Å². The zero-order valence-electron chi connectivity index (χ0n) is 17.5. The molecule has 0 bridgehead atoms. The first kappa shape index (κ1) is 23.8. The van der Waals surface area contributed by atoms with Crippen molar-refractivity contribution in [3.63, 3.8) is 0 Å². The number of carbonyl (C=O) groups is 2. The molecule has 1 aliphatic rings. The lowest BCUT2D eigenvalue weighted by molar-refractivity contribution is -0.137. The van der Waals surface area contributed by atoms with Crippen LogP contribution in [0, 0.1) is 5.92 Å². The van der Waals surface area contributed by atoms with Crippen LogP contribution < -0.4 is 15.5 Å². The van der Waals surface area contributed by atoms with E-state index in [4.69, 9.17) is 11.6 Å². The first-order valence-corrected chi connectivity index (χ1v) is 10.5. The van der Waals surface area contributed by atoms with E-state index in [9.17, 15) is 22.8 Å². The number of hydrogen-bond donors (Lipinski definition) is 2. The van der Waals surface area contributed by atoms with E-state index in [1.165, 1.54) is 18.3 Å². The Labute approximate surface area is 188 Å². The number of pyridine rings is 2. The van der Waals surface area contributed by atoms with Gasteiger partial charge in [-0.15, -0.1) is 0 Å². The third-order valence-electron chi connectivity index (χ3n) is 5.00. The summed E-state index contributed by atoms with van der Waals surface area (Å²) in [6.45, 7) is 4.41. The Bertz CT molecular complexity index is 1000. The highest BCUT2D eigenvalue weighted by Crippen LogP contribution is 2.34. The van der Waals surface area contributed by atoms with Gasteiger partial charge in [0, 0.05) is 43.0 Å². The van der Waals surface area contributed by atoms with E-state index >= 15 is 0 Å². The molecule has 1 atom stereocenters. The Morgan fingerprint density at radius 3 is 2.66 bits per heavy atom. The number of piperidine rings is 1. The van der Waals surface area contributed by atoms with Crippen molar-refractivity contribution >= 4 is 35.1 Å². The summed E-state index contributed by atoms with van der Waals surface area (Å²) >= 11 is 6.07. The molecule has 2 amide bonds. The minimum Gasteiger partial charge on any atom is -0.353 e. The van der Waals surface area contributed by atoms with Crippen molar-refractivity contribution in [2.75, 3.05) is 23.3 Å². The zero-order valence-corrected chi connectivity index (χ0v) is 18.3. The lowest BCUT2D eigenvalue weighted by atomic mass is 10.0. The molecule has 7 nitrogen and oxygen atoms in total. The molecule has 1 aliphatic heterocycles. The second-order valence-electron chi connectivity index (χ2n) is 7.86. The van der Waals surface area contributed by atoms with Crippen LogP contribution in [0.3, 0.4) is 0 Å². The number of rotatable bonds is 5. The molecular formula is C21H23ClF3N5O2. The molecule has 172 valence electrons. The third kappa shape index (κ3) is 5.87. The van der Waals surface area contributed by atoms with Crippen molar-refractivity contribution in [1.29, 1.82) is 0 Å². The van der Waals surface area contributed by atoms with Crippen LogP contribution in [0.15, 0.2) is 30.6 Å². The molecule has 1 fully saturated rings. The van der Waals surface area contributed by atoms with Crippen molar-refractivity contribution in [3.05, 3.63) is 46.7 Å². The maximum Gasteiger partial charge on any atom is 0.417 e. The van der Waals surface area contributed by atoms with Gasteiger partial charge in [-0.3, -0.25) is 9.59 Å². The molecule has 3 rings (SSSR count). The molecule has 2 aromatic heterocycles. The summed E-state index contributed by atoms with van der Waals surface area (Å²) in [6.07, 6.45) is -0.929. The van der Waals surface area contributed by atoms with Gasteiger partial charge in [-0.2, -0.15) is 13.2 Å². The van der Waals surface area contributed by atoms with Crippen LogP contribution in [-0.4, -0.2) is 40.9 Å². The van der Waals surface area contributed by atoms with E-state index in [1.807, 2.05) is 0 Å². The van der Waals surface area contributed by atoms with E-state index in [0.717, 1.165) is 12.3 Å². The first-order chi connectivity index (χ1) is 15.0. The lowest BCUT2D eigenvalue weighted by Crippen LogP contribution is -2.48. The smallest absolute Gasteiger partial charge is 0.353 e. The Morgan fingerprint density at radius 1 is 1.25 bits per heavy atom. The third-order valence-corrected chi connectivity index (χ3v) is 5.28. The van der Waals surface area contributed by atoms with Crippen LogP contribution >= 0.6 is 11.6 Å². The van der Waals surface area contributed by atoms with Crippen molar-refractivity contribution in [3.8, 4) is 0 Å². The van der Waals surface area contributed by atoms with Gasteiger partial charge >= 0.3 is 6.18 Å². The van der Waals surface area contributed by atoms with E-state index < -0.39 is 11.7 Å². The molecule has 32 heavy (non-hydrogen) atoms. The van der Waals surface area contributed by atoms with Crippen LogP contribution in [0.25, 0.3) is 0 Å². The molecular weight excluding hydrogens is 447 g/mol. The molecule has 0 saturated carbocycles. The van der Waals surface area contributed by atoms with Gasteiger partial charge in [-0.05, 0) is 31.0 Å². The molecule has 0 spiro atoms. The Balaban J connectivity index is 1.66. The van der Waals surface area contributed by atoms with Crippen molar-refractivity contribution in [2.45, 2.75) is 38.9 Å². The van der Waals surface area contributed by atoms with Crippen LogP contribution in [0.4, 0.5) is 24.8 Å². The van der Waals surface area contributed by atoms with Crippen LogP contribution in [0.1, 0.15) is 42.6 Å². The molecule has 2 N–H and O–H groups in total. The average Bonchev–Trinajstić information content (AvgIpc) is 2.73. The molecule has 0 aromatic carbocycles. The maximum absolute atomic E-state index is 12.9. The molecule has 3 heterocycles. The van der Waals surface area contributed by atoms with Gasteiger partial charge in [0.15, 0.2) is 0 Å². The second kappa shape index (κ2) is 9.72. The fourth-order valence-corrected chi connectivity index (χ4v) is 3.57. The zero-order chi connectivity index (χ0) is 23.5. The number of hydrogen-bond acceptors (Lipinski definition) is 5. The normalized spacial score (nSPS) is 16.7. The summed E-state index contributed by atoms with van der Waals surface area (Å²) in [4.78, 5) is 34.3. The van der Waals surface area contributed by atoms with Gasteiger partial charge in [0.25, 0.3) is 5.91 Å². The highest BCUT2D eigenvalue weighted by molar-refractivity contribution is 6.33. The molecule has 2 aromatic rings. The number of nitrogens with one attached hydrogen (secondary N) is 2. The highest BCUT2D eigenvalue weighted by Gasteiger charge is 2.32. The Hall–Kier alpha value is -2.88. The topological polar surface area (TPSA) is 87.2 Å². The van der Waals surface area contributed by atoms with Crippen molar-refractivity contribution in [1.82, 2.24) is 15.3 Å². The van der Waals surface area contributed by atoms with E-state index in [2.05, 4.69) is 20.6 Å². The van der Waals surface area contributed by atoms with Gasteiger partial charge in [0.1, 0.15) is 11.6 Å². The quantitative estimate of drug-likeness (QED) is 0.687. The Kier molecular flexibility index (Phi) is 7.22. The SMILES string of the molecule is CC(C)C(=O)Nc1cc(C(=O)N[C@@H]2CCCN(c3ncc(C(F)(F)F)cc3Cl)C2)ccn1. The van der Waals surface area contributed by atoms with Crippen LogP contribution in [0.2, 0.25) is 5.02 Å². The van der Waals surface area contributed by atoms with Gasteiger partial charge in [0.2, 0.25) is 5.91 Å².